The molecule has 0 aromatic carbocycles. The van der Waals surface area contributed by atoms with Crippen LogP contribution in [0.25, 0.3) is 0 Å². The van der Waals surface area contributed by atoms with Gasteiger partial charge in [-0.3, -0.25) is 9.59 Å². The number of methoxy groups -OCH3 is 1. The van der Waals surface area contributed by atoms with E-state index in [9.17, 15) is 9.59 Å². The van der Waals surface area contributed by atoms with E-state index in [1.165, 1.54) is 142 Å². The number of unbranched alkanes of at least 4 members (excludes halogenated alkanes) is 21. The van der Waals surface area contributed by atoms with Crippen LogP contribution in [-0.2, 0) is 19.1 Å². The van der Waals surface area contributed by atoms with Crippen LogP contribution in [0.1, 0.15) is 187 Å². The van der Waals surface area contributed by atoms with Crippen LogP contribution in [0, 0.1) is 5.92 Å². The molecule has 0 aliphatic rings. The molecule has 0 radical (unpaired) electrons. The number of hydrogen-bond donors (Lipinski definition) is 0. The molecule has 1 unspecified atom stereocenters. The molecule has 0 fully saturated rings. The highest BCUT2D eigenvalue weighted by atomic mass is 16.5. The highest BCUT2D eigenvalue weighted by Gasteiger charge is 2.09. The van der Waals surface area contributed by atoms with Crippen molar-refractivity contribution in [2.75, 3.05) is 13.7 Å². The molecule has 0 amide bonds. The van der Waals surface area contributed by atoms with Gasteiger partial charge in [0.2, 0.25) is 0 Å². The molecule has 4 heteroatoms. The third-order valence-corrected chi connectivity index (χ3v) is 8.01. The fraction of sp³-hybridized carbons (Fsp3) is 0.941. The Balaban J connectivity index is 3.20. The van der Waals surface area contributed by atoms with E-state index in [2.05, 4.69) is 18.6 Å². The van der Waals surface area contributed by atoms with Crippen LogP contribution in [0.5, 0.6) is 0 Å². The lowest BCUT2D eigenvalue weighted by Gasteiger charge is -2.14. The summed E-state index contributed by atoms with van der Waals surface area (Å²) in [7, 11) is 1.47. The first-order valence-electron chi connectivity index (χ1n) is 16.9. The van der Waals surface area contributed by atoms with Gasteiger partial charge in [-0.05, 0) is 25.2 Å². The average Bonchev–Trinajstić information content (AvgIpc) is 2.93. The minimum Gasteiger partial charge on any atom is -0.469 e. The van der Waals surface area contributed by atoms with Crippen LogP contribution < -0.4 is 0 Å². The lowest BCUT2D eigenvalue weighted by atomic mass is 10.0. The normalized spacial score (nSPS) is 12.0. The van der Waals surface area contributed by atoms with Gasteiger partial charge in [0.25, 0.3) is 0 Å². The minimum atomic E-state index is -0.0712. The largest absolute Gasteiger partial charge is 0.469 e. The Labute approximate surface area is 237 Å². The molecule has 0 rings (SSSR count). The van der Waals surface area contributed by atoms with Crippen LogP contribution in [0.2, 0.25) is 0 Å². The molecule has 1 atom stereocenters. The molecule has 0 aliphatic heterocycles. The van der Waals surface area contributed by atoms with Gasteiger partial charge in [-0.25, -0.2) is 0 Å². The van der Waals surface area contributed by atoms with Crippen molar-refractivity contribution in [3.05, 3.63) is 0 Å². The summed E-state index contributed by atoms with van der Waals surface area (Å²) < 4.78 is 10.2. The molecule has 0 aliphatic carbocycles. The van der Waals surface area contributed by atoms with Crippen molar-refractivity contribution in [3.63, 3.8) is 0 Å². The number of ether oxygens (including phenoxy) is 2. The van der Waals surface area contributed by atoms with Gasteiger partial charge in [-0.15, -0.1) is 0 Å². The SMILES string of the molecule is CCCCC(CC)COC(=O)CCCCCCCCCCCCCCCCCCCCCCCC(=O)OC. The van der Waals surface area contributed by atoms with Gasteiger partial charge >= 0.3 is 11.9 Å². The van der Waals surface area contributed by atoms with Gasteiger partial charge in [0, 0.05) is 12.8 Å². The number of carbonyl (C=O) groups is 2. The molecule has 4 nitrogen and oxygen atoms in total. The van der Waals surface area contributed by atoms with Crippen molar-refractivity contribution >= 4 is 11.9 Å². The fourth-order valence-electron chi connectivity index (χ4n) is 5.18. The Morgan fingerprint density at radius 1 is 0.500 bits per heavy atom. The van der Waals surface area contributed by atoms with Crippen LogP contribution in [-0.4, -0.2) is 25.7 Å². The Hall–Kier alpha value is -1.06. The summed E-state index contributed by atoms with van der Waals surface area (Å²) in [4.78, 5) is 23.0. The Morgan fingerprint density at radius 3 is 1.16 bits per heavy atom. The quantitative estimate of drug-likeness (QED) is 0.0674. The van der Waals surface area contributed by atoms with Gasteiger partial charge in [0.15, 0.2) is 0 Å². The predicted octanol–water partition coefficient (Wildman–Crippen LogP) is 10.9. The van der Waals surface area contributed by atoms with E-state index in [0.29, 0.717) is 25.4 Å². The van der Waals surface area contributed by atoms with Crippen molar-refractivity contribution in [3.8, 4) is 0 Å². The van der Waals surface area contributed by atoms with Crippen LogP contribution in [0.4, 0.5) is 0 Å². The maximum Gasteiger partial charge on any atom is 0.305 e. The minimum absolute atomic E-state index is 0.0109. The number of hydrogen-bond acceptors (Lipinski definition) is 4. The van der Waals surface area contributed by atoms with Gasteiger partial charge in [0.1, 0.15) is 0 Å². The van der Waals surface area contributed by atoms with E-state index in [-0.39, 0.29) is 11.9 Å². The summed E-state index contributed by atoms with van der Waals surface area (Å²) in [5, 5.41) is 0. The Morgan fingerprint density at radius 2 is 0.842 bits per heavy atom. The third kappa shape index (κ3) is 28.0. The second kappa shape index (κ2) is 30.5. The summed E-state index contributed by atoms with van der Waals surface area (Å²) >= 11 is 0. The fourth-order valence-corrected chi connectivity index (χ4v) is 5.18. The van der Waals surface area contributed by atoms with Gasteiger partial charge in [0.05, 0.1) is 13.7 Å². The van der Waals surface area contributed by atoms with E-state index in [4.69, 9.17) is 4.74 Å². The smallest absolute Gasteiger partial charge is 0.305 e. The first kappa shape index (κ1) is 36.9. The average molecular weight is 539 g/mol. The Kier molecular flexibility index (Phi) is 29.6. The highest BCUT2D eigenvalue weighted by molar-refractivity contribution is 5.69. The molecule has 0 aromatic rings. The van der Waals surface area contributed by atoms with E-state index in [1.54, 1.807) is 0 Å². The summed E-state index contributed by atoms with van der Waals surface area (Å²) in [5.41, 5.74) is 0. The van der Waals surface area contributed by atoms with Crippen molar-refractivity contribution in [2.24, 2.45) is 5.92 Å². The number of rotatable bonds is 30. The predicted molar refractivity (Wildman–Crippen MR) is 162 cm³/mol. The summed E-state index contributed by atoms with van der Waals surface area (Å²) in [5.74, 6) is 0.489. The zero-order valence-electron chi connectivity index (χ0n) is 26.0. The summed E-state index contributed by atoms with van der Waals surface area (Å²) in [6.07, 6.45) is 33.5. The van der Waals surface area contributed by atoms with Crippen molar-refractivity contribution in [1.29, 1.82) is 0 Å². The molecule has 0 saturated heterocycles. The molecule has 38 heavy (non-hydrogen) atoms. The van der Waals surface area contributed by atoms with Crippen LogP contribution in [0.3, 0.4) is 0 Å². The van der Waals surface area contributed by atoms with E-state index in [0.717, 1.165) is 25.7 Å². The molecule has 0 heterocycles. The third-order valence-electron chi connectivity index (χ3n) is 8.01. The Bertz CT molecular complexity index is 505. The maximum atomic E-state index is 11.9. The first-order valence-corrected chi connectivity index (χ1v) is 16.9. The molecule has 0 spiro atoms. The molecular weight excluding hydrogens is 472 g/mol. The van der Waals surface area contributed by atoms with Gasteiger partial charge < -0.3 is 9.47 Å². The summed E-state index contributed by atoms with van der Waals surface area (Å²) in [6, 6.07) is 0. The van der Waals surface area contributed by atoms with E-state index >= 15 is 0 Å². The zero-order chi connectivity index (χ0) is 27.9. The monoisotopic (exact) mass is 538 g/mol. The standard InChI is InChI=1S/C34H66O4/c1-4-6-28-32(5-2)31-38-34(36)30-27-25-23-21-19-17-15-13-11-9-7-8-10-12-14-16-18-20-22-24-26-29-33(35)37-3/h32H,4-31H2,1-3H3. The maximum absolute atomic E-state index is 11.9. The second-order valence-corrected chi connectivity index (χ2v) is 11.6. The second-order valence-electron chi connectivity index (χ2n) is 11.6. The van der Waals surface area contributed by atoms with Crippen molar-refractivity contribution in [1.82, 2.24) is 0 Å². The van der Waals surface area contributed by atoms with E-state index in [1.807, 2.05) is 0 Å². The van der Waals surface area contributed by atoms with Crippen LogP contribution >= 0.6 is 0 Å². The van der Waals surface area contributed by atoms with Gasteiger partial charge in [-0.1, -0.05) is 155 Å². The summed E-state index contributed by atoms with van der Waals surface area (Å²) in [6.45, 7) is 5.04. The number of esters is 2. The topological polar surface area (TPSA) is 52.6 Å². The molecular formula is C34H66O4. The number of carbonyl (C=O) groups excluding carboxylic acids is 2. The van der Waals surface area contributed by atoms with Crippen molar-refractivity contribution in [2.45, 2.75) is 187 Å². The first-order chi connectivity index (χ1) is 18.6. The lowest BCUT2D eigenvalue weighted by Crippen LogP contribution is -2.13. The highest BCUT2D eigenvalue weighted by Crippen LogP contribution is 2.16. The lowest BCUT2D eigenvalue weighted by molar-refractivity contribution is -0.145. The van der Waals surface area contributed by atoms with Crippen LogP contribution in [0.15, 0.2) is 0 Å². The van der Waals surface area contributed by atoms with Crippen molar-refractivity contribution < 1.29 is 19.1 Å². The van der Waals surface area contributed by atoms with Gasteiger partial charge in [-0.2, -0.15) is 0 Å². The molecule has 0 saturated carbocycles. The molecule has 0 N–H and O–H groups in total. The molecule has 0 aromatic heterocycles. The molecule has 226 valence electrons. The van der Waals surface area contributed by atoms with E-state index < -0.39 is 0 Å². The molecule has 0 bridgehead atoms. The zero-order valence-corrected chi connectivity index (χ0v) is 26.0.